The first-order valence-corrected chi connectivity index (χ1v) is 9.24. The molecule has 30 heavy (non-hydrogen) atoms. The number of carbonyl (C=O) groups is 1. The number of hydrogen-bond donors (Lipinski definition) is 3. The van der Waals surface area contributed by atoms with E-state index in [2.05, 4.69) is 15.6 Å². The van der Waals surface area contributed by atoms with E-state index in [1.54, 1.807) is 34.4 Å². The number of nitrogens with one attached hydrogen (secondary N) is 2. The Labute approximate surface area is 176 Å². The normalized spacial score (nSPS) is 10.9. The summed E-state index contributed by atoms with van der Waals surface area (Å²) in [5.41, 5.74) is 7.01. The van der Waals surface area contributed by atoms with Gasteiger partial charge < -0.3 is 35.3 Å². The number of aliphatic imine (C=N–C) groups is 1. The van der Waals surface area contributed by atoms with Gasteiger partial charge in [-0.3, -0.25) is 9.79 Å². The molecule has 0 aliphatic heterocycles. The highest BCUT2D eigenvalue weighted by Crippen LogP contribution is 2.38. The minimum absolute atomic E-state index is 0.158. The second-order valence-electron chi connectivity index (χ2n) is 6.22. The minimum atomic E-state index is -0.519. The first-order valence-electron chi connectivity index (χ1n) is 9.24. The molecule has 0 saturated heterocycles. The topological polar surface area (TPSA) is 116 Å². The molecule has 0 atom stereocenters. The van der Waals surface area contributed by atoms with Gasteiger partial charge in [0.1, 0.15) is 5.75 Å². The second-order valence-corrected chi connectivity index (χ2v) is 6.22. The zero-order chi connectivity index (χ0) is 21.9. The van der Waals surface area contributed by atoms with Gasteiger partial charge in [-0.2, -0.15) is 0 Å². The zero-order valence-corrected chi connectivity index (χ0v) is 17.7. The summed E-state index contributed by atoms with van der Waals surface area (Å²) in [5, 5.41) is 6.48. The summed E-state index contributed by atoms with van der Waals surface area (Å²) in [6.45, 7) is 0.857. The van der Waals surface area contributed by atoms with Crippen molar-refractivity contribution in [3.05, 3.63) is 47.5 Å². The van der Waals surface area contributed by atoms with Crippen molar-refractivity contribution in [1.29, 1.82) is 0 Å². The summed E-state index contributed by atoms with van der Waals surface area (Å²) in [7, 11) is 6.42. The smallest absolute Gasteiger partial charge is 0.255 e. The molecule has 4 N–H and O–H groups in total. The predicted octanol–water partition coefficient (Wildman–Crippen LogP) is 1.44. The number of ether oxygens (including phenoxy) is 4. The van der Waals surface area contributed by atoms with Crippen LogP contribution in [0.25, 0.3) is 0 Å². The summed E-state index contributed by atoms with van der Waals surface area (Å²) in [5.74, 6) is 2.40. The Balaban J connectivity index is 1.97. The summed E-state index contributed by atoms with van der Waals surface area (Å²) < 4.78 is 21.4. The molecule has 2 rings (SSSR count). The number of carbonyl (C=O) groups excluding carboxylic acids is 1. The molecule has 1 amide bonds. The Hall–Kier alpha value is -3.62. The van der Waals surface area contributed by atoms with Crippen molar-refractivity contribution in [2.75, 3.05) is 35.0 Å². The maximum absolute atomic E-state index is 10.9. The fraction of sp³-hybridized carbons (Fsp3) is 0.333. The fourth-order valence-electron chi connectivity index (χ4n) is 2.73. The standard InChI is InChI=1S/C21H28N4O5/c1-23-21(24-11-14-6-5-7-16(8-14)30-13-19(22)26)25-12-15-9-17(27-2)20(29-4)18(10-15)28-3/h5-10H,11-13H2,1-4H3,(H2,22,26)(H2,23,24,25). The molecule has 9 heteroatoms. The third-order valence-electron chi connectivity index (χ3n) is 4.15. The Morgan fingerprint density at radius 1 is 0.967 bits per heavy atom. The lowest BCUT2D eigenvalue weighted by molar-refractivity contribution is -0.119. The number of rotatable bonds is 10. The lowest BCUT2D eigenvalue weighted by Gasteiger charge is -2.16. The van der Waals surface area contributed by atoms with Gasteiger partial charge in [-0.1, -0.05) is 12.1 Å². The third kappa shape index (κ3) is 6.47. The van der Waals surface area contributed by atoms with E-state index in [1.807, 2.05) is 30.3 Å². The minimum Gasteiger partial charge on any atom is -0.493 e. The molecule has 0 aliphatic carbocycles. The van der Waals surface area contributed by atoms with Crippen LogP contribution in [0.4, 0.5) is 0 Å². The average molecular weight is 416 g/mol. The number of hydrogen-bond acceptors (Lipinski definition) is 6. The van der Waals surface area contributed by atoms with Gasteiger partial charge in [0.15, 0.2) is 24.1 Å². The zero-order valence-electron chi connectivity index (χ0n) is 17.7. The molecule has 2 aromatic rings. The van der Waals surface area contributed by atoms with Crippen LogP contribution >= 0.6 is 0 Å². The molecule has 9 nitrogen and oxygen atoms in total. The van der Waals surface area contributed by atoms with Crippen LogP contribution in [-0.2, 0) is 17.9 Å². The first kappa shape index (κ1) is 22.7. The van der Waals surface area contributed by atoms with Crippen LogP contribution in [0.3, 0.4) is 0 Å². The number of nitrogens with two attached hydrogens (primary N) is 1. The highest BCUT2D eigenvalue weighted by Gasteiger charge is 2.13. The van der Waals surface area contributed by atoms with Gasteiger partial charge in [0, 0.05) is 20.1 Å². The van der Waals surface area contributed by atoms with E-state index in [0.717, 1.165) is 11.1 Å². The summed E-state index contributed by atoms with van der Waals surface area (Å²) >= 11 is 0. The van der Waals surface area contributed by atoms with Gasteiger partial charge in [0.2, 0.25) is 5.75 Å². The van der Waals surface area contributed by atoms with Crippen LogP contribution in [0.5, 0.6) is 23.0 Å². The molecule has 0 radical (unpaired) electrons. The van der Waals surface area contributed by atoms with E-state index >= 15 is 0 Å². The lowest BCUT2D eigenvalue weighted by atomic mass is 10.2. The molecule has 0 heterocycles. The maximum Gasteiger partial charge on any atom is 0.255 e. The lowest BCUT2D eigenvalue weighted by Crippen LogP contribution is -2.36. The van der Waals surface area contributed by atoms with Gasteiger partial charge in [-0.25, -0.2) is 0 Å². The summed E-state index contributed by atoms with van der Waals surface area (Å²) in [4.78, 5) is 15.1. The molecule has 162 valence electrons. The molecule has 0 aliphatic rings. The van der Waals surface area contributed by atoms with Gasteiger partial charge >= 0.3 is 0 Å². The average Bonchev–Trinajstić information content (AvgIpc) is 2.77. The van der Waals surface area contributed by atoms with E-state index in [0.29, 0.717) is 42.0 Å². The molecule has 0 saturated carbocycles. The number of guanidine groups is 1. The van der Waals surface area contributed by atoms with Gasteiger partial charge in [-0.15, -0.1) is 0 Å². The molecular formula is C21H28N4O5. The summed E-state index contributed by atoms with van der Waals surface area (Å²) in [6.07, 6.45) is 0. The van der Waals surface area contributed by atoms with Crippen molar-refractivity contribution in [3.63, 3.8) is 0 Å². The number of nitrogens with zero attached hydrogens (tertiary/aromatic N) is 1. The maximum atomic E-state index is 10.9. The summed E-state index contributed by atoms with van der Waals surface area (Å²) in [6, 6.07) is 11.1. The molecule has 0 fully saturated rings. The van der Waals surface area contributed by atoms with Crippen molar-refractivity contribution < 1.29 is 23.7 Å². The third-order valence-corrected chi connectivity index (χ3v) is 4.15. The second kappa shape index (κ2) is 11.4. The Morgan fingerprint density at radius 2 is 1.60 bits per heavy atom. The molecule has 0 spiro atoms. The fourth-order valence-corrected chi connectivity index (χ4v) is 2.73. The highest BCUT2D eigenvalue weighted by atomic mass is 16.5. The number of methoxy groups -OCH3 is 3. The van der Waals surface area contributed by atoms with Crippen LogP contribution in [0, 0.1) is 0 Å². The van der Waals surface area contributed by atoms with E-state index in [9.17, 15) is 4.79 Å². The van der Waals surface area contributed by atoms with Crippen LogP contribution in [0.1, 0.15) is 11.1 Å². The SMILES string of the molecule is CN=C(NCc1cccc(OCC(N)=O)c1)NCc1cc(OC)c(OC)c(OC)c1. The van der Waals surface area contributed by atoms with E-state index < -0.39 is 5.91 Å². The van der Waals surface area contributed by atoms with Crippen LogP contribution < -0.4 is 35.3 Å². The first-order chi connectivity index (χ1) is 14.5. The van der Waals surface area contributed by atoms with Crippen LogP contribution in [0.15, 0.2) is 41.4 Å². The Kier molecular flexibility index (Phi) is 8.61. The van der Waals surface area contributed by atoms with Crippen molar-refractivity contribution in [1.82, 2.24) is 10.6 Å². The molecule has 0 bridgehead atoms. The Morgan fingerprint density at radius 3 is 2.13 bits per heavy atom. The van der Waals surface area contributed by atoms with Crippen molar-refractivity contribution >= 4 is 11.9 Å². The number of primary amides is 1. The largest absolute Gasteiger partial charge is 0.493 e. The van der Waals surface area contributed by atoms with Gasteiger partial charge in [0.25, 0.3) is 5.91 Å². The van der Waals surface area contributed by atoms with Gasteiger partial charge in [-0.05, 0) is 35.4 Å². The predicted molar refractivity (Wildman–Crippen MR) is 114 cm³/mol. The number of benzene rings is 2. The molecule has 0 aromatic heterocycles. The van der Waals surface area contributed by atoms with Crippen molar-refractivity contribution in [2.24, 2.45) is 10.7 Å². The molecule has 0 unspecified atom stereocenters. The van der Waals surface area contributed by atoms with E-state index in [4.69, 9.17) is 24.7 Å². The van der Waals surface area contributed by atoms with E-state index in [-0.39, 0.29) is 6.61 Å². The van der Waals surface area contributed by atoms with E-state index in [1.165, 1.54) is 0 Å². The van der Waals surface area contributed by atoms with Crippen LogP contribution in [0.2, 0.25) is 0 Å². The Bertz CT molecular complexity index is 860. The van der Waals surface area contributed by atoms with Crippen molar-refractivity contribution in [3.8, 4) is 23.0 Å². The quantitative estimate of drug-likeness (QED) is 0.396. The van der Waals surface area contributed by atoms with Crippen molar-refractivity contribution in [2.45, 2.75) is 13.1 Å². The number of amides is 1. The van der Waals surface area contributed by atoms with Gasteiger partial charge in [0.05, 0.1) is 21.3 Å². The highest BCUT2D eigenvalue weighted by molar-refractivity contribution is 5.79. The van der Waals surface area contributed by atoms with Crippen LogP contribution in [-0.4, -0.2) is 46.9 Å². The molecule has 2 aromatic carbocycles. The molecular weight excluding hydrogens is 388 g/mol. The monoisotopic (exact) mass is 416 g/mol.